The number of halogens is 1. The lowest BCUT2D eigenvalue weighted by Gasteiger charge is -2.20. The van der Waals surface area contributed by atoms with E-state index in [4.69, 9.17) is 11.6 Å². The maximum atomic E-state index is 5.98. The number of aryl methyl sites for hydroxylation is 1. The van der Waals surface area contributed by atoms with Crippen LogP contribution < -0.4 is 5.32 Å². The molecule has 0 amide bonds. The van der Waals surface area contributed by atoms with E-state index in [1.54, 1.807) is 0 Å². The van der Waals surface area contributed by atoms with Gasteiger partial charge in [-0.3, -0.25) is 0 Å². The third-order valence-corrected chi connectivity index (χ3v) is 3.93. The minimum atomic E-state index is 0.480. The first-order valence-corrected chi connectivity index (χ1v) is 7.97. The predicted octanol–water partition coefficient (Wildman–Crippen LogP) is 4.97. The van der Waals surface area contributed by atoms with E-state index in [0.29, 0.717) is 12.0 Å². The van der Waals surface area contributed by atoms with Crippen LogP contribution in [0.1, 0.15) is 36.5 Å². The topological polar surface area (TPSA) is 12.0 Å². The van der Waals surface area contributed by atoms with Crippen molar-refractivity contribution in [3.8, 4) is 0 Å². The van der Waals surface area contributed by atoms with Crippen molar-refractivity contribution in [2.24, 2.45) is 0 Å². The number of hydrogen-bond acceptors (Lipinski definition) is 1. The van der Waals surface area contributed by atoms with Crippen molar-refractivity contribution in [1.82, 2.24) is 5.32 Å². The average molecular weight is 302 g/mol. The van der Waals surface area contributed by atoms with Gasteiger partial charge in [0.05, 0.1) is 0 Å². The van der Waals surface area contributed by atoms with Gasteiger partial charge in [-0.1, -0.05) is 67.4 Å². The van der Waals surface area contributed by atoms with Crippen LogP contribution in [0.2, 0.25) is 5.02 Å². The summed E-state index contributed by atoms with van der Waals surface area (Å²) in [6, 6.07) is 17.5. The van der Waals surface area contributed by atoms with E-state index in [0.717, 1.165) is 18.0 Å². The highest BCUT2D eigenvalue weighted by atomic mass is 35.5. The first-order chi connectivity index (χ1) is 10.0. The van der Waals surface area contributed by atoms with Gasteiger partial charge in [-0.25, -0.2) is 0 Å². The third kappa shape index (κ3) is 5.18. The quantitative estimate of drug-likeness (QED) is 0.794. The van der Waals surface area contributed by atoms with Crippen LogP contribution in [0.15, 0.2) is 48.5 Å². The summed E-state index contributed by atoms with van der Waals surface area (Å²) in [5.74, 6) is 0.480. The van der Waals surface area contributed by atoms with Gasteiger partial charge < -0.3 is 5.32 Å². The molecule has 0 aromatic heterocycles. The molecule has 0 heterocycles. The summed E-state index contributed by atoms with van der Waals surface area (Å²) in [5.41, 5.74) is 4.05. The molecular formula is C19H24ClN. The third-order valence-electron chi connectivity index (χ3n) is 3.68. The molecule has 112 valence electrons. The summed E-state index contributed by atoms with van der Waals surface area (Å²) in [6.45, 7) is 7.52. The fourth-order valence-corrected chi connectivity index (χ4v) is 2.64. The van der Waals surface area contributed by atoms with Gasteiger partial charge in [0.2, 0.25) is 0 Å². The van der Waals surface area contributed by atoms with Crippen LogP contribution in [0.25, 0.3) is 0 Å². The summed E-state index contributed by atoms with van der Waals surface area (Å²) in [7, 11) is 0. The molecule has 0 aliphatic heterocycles. The maximum Gasteiger partial charge on any atom is 0.0406 e. The van der Waals surface area contributed by atoms with Crippen LogP contribution in [0, 0.1) is 6.92 Å². The van der Waals surface area contributed by atoms with Gasteiger partial charge in [0, 0.05) is 23.5 Å². The largest absolute Gasteiger partial charge is 0.314 e. The molecule has 0 bridgehead atoms. The van der Waals surface area contributed by atoms with Crippen molar-refractivity contribution < 1.29 is 0 Å². The van der Waals surface area contributed by atoms with E-state index in [9.17, 15) is 0 Å². The zero-order valence-electron chi connectivity index (χ0n) is 13.1. The van der Waals surface area contributed by atoms with E-state index in [1.807, 2.05) is 12.1 Å². The monoisotopic (exact) mass is 301 g/mol. The van der Waals surface area contributed by atoms with Crippen molar-refractivity contribution in [1.29, 1.82) is 0 Å². The molecule has 0 radical (unpaired) electrons. The minimum Gasteiger partial charge on any atom is -0.314 e. The fraction of sp³-hybridized carbons (Fsp3) is 0.368. The van der Waals surface area contributed by atoms with Crippen LogP contribution >= 0.6 is 11.6 Å². The van der Waals surface area contributed by atoms with Gasteiger partial charge in [-0.05, 0) is 36.6 Å². The Hall–Kier alpha value is -1.31. The van der Waals surface area contributed by atoms with E-state index < -0.39 is 0 Å². The molecule has 21 heavy (non-hydrogen) atoms. The molecule has 1 N–H and O–H groups in total. The second kappa shape index (κ2) is 7.63. The Labute approximate surface area is 133 Å². The lowest BCUT2D eigenvalue weighted by Crippen LogP contribution is -2.29. The molecule has 2 heteroatoms. The Kier molecular flexibility index (Phi) is 5.84. The molecule has 0 aliphatic carbocycles. The number of nitrogens with one attached hydrogen (secondary N) is 1. The molecule has 0 fully saturated rings. The first-order valence-electron chi connectivity index (χ1n) is 7.59. The Morgan fingerprint density at radius 3 is 2.38 bits per heavy atom. The summed E-state index contributed by atoms with van der Waals surface area (Å²) in [6.07, 6.45) is 1.03. The van der Waals surface area contributed by atoms with E-state index in [2.05, 4.69) is 62.5 Å². The highest BCUT2D eigenvalue weighted by Crippen LogP contribution is 2.22. The van der Waals surface area contributed by atoms with Crippen LogP contribution in [0.5, 0.6) is 0 Å². The Morgan fingerprint density at radius 2 is 1.76 bits per heavy atom. The van der Waals surface area contributed by atoms with Crippen LogP contribution in [0.4, 0.5) is 0 Å². The van der Waals surface area contributed by atoms with Gasteiger partial charge in [0.1, 0.15) is 0 Å². The molecule has 1 unspecified atom stereocenters. The summed E-state index contributed by atoms with van der Waals surface area (Å²) < 4.78 is 0. The second-order valence-corrected chi connectivity index (χ2v) is 6.44. The summed E-state index contributed by atoms with van der Waals surface area (Å²) >= 11 is 5.98. The number of benzene rings is 2. The van der Waals surface area contributed by atoms with Crippen molar-refractivity contribution in [3.05, 3.63) is 70.2 Å². The van der Waals surface area contributed by atoms with Crippen molar-refractivity contribution >= 4 is 11.6 Å². The van der Waals surface area contributed by atoms with Crippen LogP contribution in [0.3, 0.4) is 0 Å². The fourth-order valence-electron chi connectivity index (χ4n) is 2.51. The molecule has 0 aliphatic rings. The van der Waals surface area contributed by atoms with Gasteiger partial charge in [0.25, 0.3) is 0 Å². The number of rotatable bonds is 6. The standard InChI is InChI=1S/C19H24ClN/c1-14(2)21-13-18(17-6-4-5-15(3)11-17)12-16-7-9-19(20)10-8-16/h4-11,14,18,21H,12-13H2,1-3H3. The van der Waals surface area contributed by atoms with Crippen LogP contribution in [-0.2, 0) is 6.42 Å². The average Bonchev–Trinajstić information content (AvgIpc) is 2.45. The van der Waals surface area contributed by atoms with Crippen molar-refractivity contribution in [2.45, 2.75) is 39.2 Å². The Bertz CT molecular complexity index is 560. The zero-order chi connectivity index (χ0) is 15.2. The number of hydrogen-bond donors (Lipinski definition) is 1. The molecule has 0 saturated carbocycles. The van der Waals surface area contributed by atoms with Gasteiger partial charge in [-0.2, -0.15) is 0 Å². The van der Waals surface area contributed by atoms with Gasteiger partial charge in [0.15, 0.2) is 0 Å². The normalized spacial score (nSPS) is 12.6. The van der Waals surface area contributed by atoms with Crippen molar-refractivity contribution in [3.63, 3.8) is 0 Å². The molecule has 1 atom stereocenters. The summed E-state index contributed by atoms with van der Waals surface area (Å²) in [4.78, 5) is 0. The molecule has 2 aromatic rings. The molecular weight excluding hydrogens is 278 g/mol. The van der Waals surface area contributed by atoms with E-state index in [1.165, 1.54) is 16.7 Å². The Balaban J connectivity index is 2.17. The first kappa shape index (κ1) is 16.1. The highest BCUT2D eigenvalue weighted by molar-refractivity contribution is 6.30. The molecule has 1 nitrogen and oxygen atoms in total. The highest BCUT2D eigenvalue weighted by Gasteiger charge is 2.13. The zero-order valence-corrected chi connectivity index (χ0v) is 13.8. The SMILES string of the molecule is Cc1cccc(C(CNC(C)C)Cc2ccc(Cl)cc2)c1. The minimum absolute atomic E-state index is 0.480. The van der Waals surface area contributed by atoms with E-state index >= 15 is 0 Å². The molecule has 2 rings (SSSR count). The summed E-state index contributed by atoms with van der Waals surface area (Å²) in [5, 5.41) is 4.37. The van der Waals surface area contributed by atoms with Gasteiger partial charge >= 0.3 is 0 Å². The Morgan fingerprint density at radius 1 is 1.05 bits per heavy atom. The smallest absolute Gasteiger partial charge is 0.0406 e. The van der Waals surface area contributed by atoms with Crippen molar-refractivity contribution in [2.75, 3.05) is 6.54 Å². The molecule has 0 saturated heterocycles. The second-order valence-electron chi connectivity index (χ2n) is 6.00. The maximum absolute atomic E-state index is 5.98. The van der Waals surface area contributed by atoms with Crippen LogP contribution in [-0.4, -0.2) is 12.6 Å². The lowest BCUT2D eigenvalue weighted by molar-refractivity contribution is 0.526. The lowest BCUT2D eigenvalue weighted by atomic mass is 9.91. The molecule has 2 aromatic carbocycles. The molecule has 0 spiro atoms. The predicted molar refractivity (Wildman–Crippen MR) is 92.2 cm³/mol. The van der Waals surface area contributed by atoms with Gasteiger partial charge in [-0.15, -0.1) is 0 Å². The van der Waals surface area contributed by atoms with E-state index in [-0.39, 0.29) is 0 Å².